The maximum Gasteiger partial charge on any atom is 0.235 e. The zero-order valence-corrected chi connectivity index (χ0v) is 19.0. The van der Waals surface area contributed by atoms with Crippen LogP contribution in [0.1, 0.15) is 47.6 Å². The molecule has 7 nitrogen and oxygen atoms in total. The maximum atomic E-state index is 13.4. The highest BCUT2D eigenvalue weighted by atomic mass is 16.7. The minimum Gasteiger partial charge on any atom is -0.454 e. The van der Waals surface area contributed by atoms with Crippen molar-refractivity contribution in [3.8, 4) is 11.5 Å². The molecule has 3 N–H and O–H groups in total. The highest BCUT2D eigenvalue weighted by Crippen LogP contribution is 2.51. The van der Waals surface area contributed by atoms with Crippen LogP contribution in [0.15, 0.2) is 42.5 Å². The van der Waals surface area contributed by atoms with Crippen LogP contribution in [0.25, 0.3) is 10.9 Å². The number of hydrogen-bond donors (Lipinski definition) is 3. The summed E-state index contributed by atoms with van der Waals surface area (Å²) in [5.41, 5.74) is 2.54. The molecule has 1 saturated carbocycles. The molecule has 1 aliphatic heterocycles. The number of benzene rings is 2. The molecule has 0 saturated heterocycles. The van der Waals surface area contributed by atoms with E-state index in [4.69, 9.17) is 12.2 Å². The Hall–Kier alpha value is -3.03. The number of anilines is 1. The predicted molar refractivity (Wildman–Crippen MR) is 126 cm³/mol. The Labute approximate surface area is 195 Å². The number of amides is 1. The van der Waals surface area contributed by atoms with Gasteiger partial charge in [0.25, 0.3) is 0 Å². The molecule has 2 aromatic carbocycles. The summed E-state index contributed by atoms with van der Waals surface area (Å²) in [4.78, 5) is 13.4. The van der Waals surface area contributed by atoms with E-state index in [2.05, 4.69) is 32.2 Å². The maximum absolute atomic E-state index is 13.4. The third-order valence-electron chi connectivity index (χ3n) is 6.52. The summed E-state index contributed by atoms with van der Waals surface area (Å²) in [6.07, 6.45) is 0.520. The van der Waals surface area contributed by atoms with Crippen molar-refractivity contribution in [2.75, 3.05) is 18.7 Å². The van der Waals surface area contributed by atoms with Gasteiger partial charge in [0.2, 0.25) is 12.7 Å². The van der Waals surface area contributed by atoms with Crippen LogP contribution in [-0.2, 0) is 22.2 Å². The zero-order valence-electron chi connectivity index (χ0n) is 21.0. The molecule has 1 atom stereocenters. The highest BCUT2D eigenvalue weighted by molar-refractivity contribution is 6.02. The van der Waals surface area contributed by atoms with Crippen molar-refractivity contribution >= 4 is 22.5 Å². The fourth-order valence-electron chi connectivity index (χ4n) is 4.54. The molecule has 1 aliphatic carbocycles. The van der Waals surface area contributed by atoms with Gasteiger partial charge in [-0.2, -0.15) is 0 Å². The van der Waals surface area contributed by atoms with Crippen molar-refractivity contribution in [2.24, 2.45) is 0 Å². The van der Waals surface area contributed by atoms with E-state index in [0.717, 1.165) is 22.2 Å². The third-order valence-corrected chi connectivity index (χ3v) is 6.52. The second-order valence-electron chi connectivity index (χ2n) is 9.99. The minimum absolute atomic E-state index is 0.120. The van der Waals surface area contributed by atoms with Crippen LogP contribution in [0.2, 0.25) is 0 Å². The summed E-state index contributed by atoms with van der Waals surface area (Å²) in [6.45, 7) is 4.05. The molecule has 5 rings (SSSR count). The smallest absolute Gasteiger partial charge is 0.235 e. The van der Waals surface area contributed by atoms with Crippen molar-refractivity contribution in [3.05, 3.63) is 53.7 Å². The van der Waals surface area contributed by atoms with Gasteiger partial charge in [0.1, 0.15) is 2.74 Å². The fraction of sp³-hybridized carbons (Fsp3) is 0.423. The van der Waals surface area contributed by atoms with Gasteiger partial charge in [0, 0.05) is 27.7 Å². The number of ether oxygens (including phenoxy) is 2. The second kappa shape index (κ2) is 7.78. The molecule has 2 heterocycles. The summed E-state index contributed by atoms with van der Waals surface area (Å²) >= 11 is 0. The molecule has 0 radical (unpaired) electrons. The van der Waals surface area contributed by atoms with Crippen molar-refractivity contribution in [1.29, 1.82) is 0 Å². The van der Waals surface area contributed by atoms with Crippen LogP contribution in [0, 0.1) is 0 Å². The van der Waals surface area contributed by atoms with Crippen LogP contribution in [0.3, 0.4) is 0 Å². The lowest BCUT2D eigenvalue weighted by atomic mass is 9.92. The van der Waals surface area contributed by atoms with Gasteiger partial charge in [-0.25, -0.2) is 0 Å². The average Bonchev–Trinajstić information content (AvgIpc) is 3.42. The molecule has 3 aromatic rings. The van der Waals surface area contributed by atoms with Crippen molar-refractivity contribution in [1.82, 2.24) is 4.57 Å². The predicted octanol–water partition coefficient (Wildman–Crippen LogP) is 3.69. The van der Waals surface area contributed by atoms with Crippen LogP contribution in [0.5, 0.6) is 11.5 Å². The summed E-state index contributed by atoms with van der Waals surface area (Å²) in [5.74, 6) is 0.505. The van der Waals surface area contributed by atoms with Gasteiger partial charge in [-0.05, 0) is 54.8 Å². The molecule has 0 spiro atoms. The Morgan fingerprint density at radius 2 is 1.94 bits per heavy atom. The topological polar surface area (TPSA) is 93.0 Å². The molecule has 0 unspecified atom stereocenters. The van der Waals surface area contributed by atoms with Gasteiger partial charge in [-0.3, -0.25) is 4.79 Å². The first kappa shape index (κ1) is 19.4. The fourth-order valence-corrected chi connectivity index (χ4v) is 4.54. The van der Waals surface area contributed by atoms with Crippen LogP contribution in [0.4, 0.5) is 5.69 Å². The highest BCUT2D eigenvalue weighted by Gasteiger charge is 2.51. The van der Waals surface area contributed by atoms with Gasteiger partial charge >= 0.3 is 0 Å². The number of fused-ring (bicyclic) bond motifs is 2. The number of aromatic nitrogens is 1. The first-order valence-electron chi connectivity index (χ1n) is 12.2. The molecule has 0 bridgehead atoms. The van der Waals surface area contributed by atoms with E-state index in [-0.39, 0.29) is 24.5 Å². The number of nitrogens with one attached hydrogen (secondary N) is 1. The SMILES string of the molecule is [2H]C1([2H])Oc2ccc(C3(C(=O)Nc4ccc5c(c4)cc(C(C)(C)C)n5C[C@@H](O)CO)CC3)cc2O1. The lowest BCUT2D eigenvalue weighted by Crippen LogP contribution is -2.27. The number of carbonyl (C=O) groups excluding carboxylic acids is 1. The number of rotatable bonds is 6. The molecule has 33 heavy (non-hydrogen) atoms. The number of hydrogen-bond acceptors (Lipinski definition) is 5. The van der Waals surface area contributed by atoms with E-state index >= 15 is 0 Å². The van der Waals surface area contributed by atoms with Gasteiger partial charge < -0.3 is 29.6 Å². The standard InChI is InChI=1S/C26H30N2O5/c1-25(2,3)23-11-16-10-18(5-6-20(16)28(23)13-19(30)14-29)27-24(31)26(8-9-26)17-4-7-21-22(12-17)33-15-32-21/h4-7,10-12,19,29-30H,8-9,13-15H2,1-3H3,(H,27,31)/t19-/m1/s1/i15D2. The molecule has 1 amide bonds. The van der Waals surface area contributed by atoms with E-state index in [1.54, 1.807) is 18.2 Å². The van der Waals surface area contributed by atoms with E-state index < -0.39 is 18.3 Å². The van der Waals surface area contributed by atoms with Gasteiger partial charge in [-0.15, -0.1) is 0 Å². The van der Waals surface area contributed by atoms with Crippen LogP contribution in [-0.4, -0.2) is 40.1 Å². The lowest BCUT2D eigenvalue weighted by molar-refractivity contribution is -0.118. The quantitative estimate of drug-likeness (QED) is 0.530. The molecular formula is C26H30N2O5. The molecule has 2 aliphatic rings. The largest absolute Gasteiger partial charge is 0.454 e. The van der Waals surface area contributed by atoms with E-state index in [9.17, 15) is 15.0 Å². The van der Waals surface area contributed by atoms with E-state index in [1.165, 1.54) is 0 Å². The van der Waals surface area contributed by atoms with Crippen molar-refractivity contribution in [2.45, 2.75) is 57.1 Å². The summed E-state index contributed by atoms with van der Waals surface area (Å²) in [5, 5.41) is 23.4. The number of nitrogens with zero attached hydrogens (tertiary/aromatic N) is 1. The Morgan fingerprint density at radius 1 is 1.18 bits per heavy atom. The van der Waals surface area contributed by atoms with Crippen molar-refractivity contribution in [3.63, 3.8) is 0 Å². The van der Waals surface area contributed by atoms with Crippen LogP contribution >= 0.6 is 0 Å². The molecule has 1 aromatic heterocycles. The monoisotopic (exact) mass is 452 g/mol. The Bertz CT molecular complexity index is 1310. The summed E-state index contributed by atoms with van der Waals surface area (Å²) in [6, 6.07) is 12.9. The summed E-state index contributed by atoms with van der Waals surface area (Å²) in [7, 11) is 0. The Morgan fingerprint density at radius 3 is 2.64 bits per heavy atom. The number of aliphatic hydroxyl groups excluding tert-OH is 2. The van der Waals surface area contributed by atoms with Gasteiger partial charge in [0.15, 0.2) is 11.5 Å². The normalized spacial score (nSPS) is 19.7. The number of aliphatic hydroxyl groups is 2. The van der Waals surface area contributed by atoms with Gasteiger partial charge in [-0.1, -0.05) is 26.8 Å². The molecule has 174 valence electrons. The Balaban J connectivity index is 1.42. The second-order valence-corrected chi connectivity index (χ2v) is 9.99. The number of carbonyl (C=O) groups is 1. The summed E-state index contributed by atoms with van der Waals surface area (Å²) < 4.78 is 27.6. The zero-order chi connectivity index (χ0) is 25.2. The third kappa shape index (κ3) is 3.85. The minimum atomic E-state index is -2.20. The molecule has 7 heteroatoms. The van der Waals surface area contributed by atoms with Gasteiger partial charge in [0.05, 0.1) is 24.7 Å². The van der Waals surface area contributed by atoms with E-state index in [0.29, 0.717) is 30.0 Å². The Kier molecular flexibility index (Phi) is 4.58. The first-order chi connectivity index (χ1) is 16.4. The lowest BCUT2D eigenvalue weighted by Gasteiger charge is -2.23. The first-order valence-corrected chi connectivity index (χ1v) is 11.2. The van der Waals surface area contributed by atoms with E-state index in [1.807, 2.05) is 22.8 Å². The van der Waals surface area contributed by atoms with Crippen LogP contribution < -0.4 is 14.8 Å². The molecule has 1 fully saturated rings. The van der Waals surface area contributed by atoms with Crippen molar-refractivity contribution < 1.29 is 27.2 Å². The molecular weight excluding hydrogens is 420 g/mol. The average molecular weight is 453 g/mol.